The third kappa shape index (κ3) is 10.3. The minimum Gasteiger partial charge on any atom is -0.506 e. The summed E-state index contributed by atoms with van der Waals surface area (Å²) in [7, 11) is 2.79. The summed E-state index contributed by atoms with van der Waals surface area (Å²) in [5, 5.41) is 35.7. The van der Waals surface area contributed by atoms with Crippen LogP contribution in [0.2, 0.25) is 0 Å². The molecule has 1 aliphatic heterocycles. The third-order valence-corrected chi connectivity index (χ3v) is 7.55. The molecule has 248 valence electrons. The number of phenols is 2. The molecule has 1 aromatic rings. The molecule has 13 nitrogen and oxygen atoms in total. The molecule has 1 aromatic carbocycles. The van der Waals surface area contributed by atoms with E-state index in [1.54, 1.807) is 13.0 Å². The molecule has 0 aromatic heterocycles. The second-order valence-corrected chi connectivity index (χ2v) is 11.0. The number of carbonyl (C=O) groups is 3. The maximum Gasteiger partial charge on any atom is 0.405 e. The minimum atomic E-state index is -1.21. The first-order valence-electron chi connectivity index (χ1n) is 14.1. The first-order valence-corrected chi connectivity index (χ1v) is 14.6. The number of aliphatic imine (C=N–C) groups is 1. The second-order valence-electron chi connectivity index (χ2n) is 10.7. The maximum absolute atomic E-state index is 13.0. The molecule has 0 unspecified atom stereocenters. The van der Waals surface area contributed by atoms with E-state index in [0.29, 0.717) is 0 Å². The van der Waals surface area contributed by atoms with Gasteiger partial charge in [-0.15, -0.1) is 11.6 Å². The summed E-state index contributed by atoms with van der Waals surface area (Å²) in [5.74, 6) is -3.22. The molecule has 14 heteroatoms. The molecular weight excluding hydrogens is 610 g/mol. The zero-order chi connectivity index (χ0) is 33.8. The van der Waals surface area contributed by atoms with Gasteiger partial charge in [-0.25, -0.2) is 4.79 Å². The molecule has 6 N–H and O–H groups in total. The topological polar surface area (TPSA) is 199 Å². The Labute approximate surface area is 267 Å². The van der Waals surface area contributed by atoms with Gasteiger partial charge >= 0.3 is 12.1 Å². The average Bonchev–Trinajstić information content (AvgIpc) is 3.00. The second kappa shape index (κ2) is 17.5. The summed E-state index contributed by atoms with van der Waals surface area (Å²) in [4.78, 5) is 40.8. The Morgan fingerprint density at radius 2 is 1.91 bits per heavy atom. The Morgan fingerprint density at radius 1 is 1.22 bits per heavy atom. The van der Waals surface area contributed by atoms with E-state index < -0.39 is 54.2 Å². The molecule has 2 rings (SSSR count). The van der Waals surface area contributed by atoms with E-state index in [1.165, 1.54) is 45.4 Å². The fourth-order valence-electron chi connectivity index (χ4n) is 4.96. The number of alkyl halides is 1. The highest BCUT2D eigenvalue weighted by atomic mass is 35.5. The number of allylic oxidation sites excluding steroid dienone is 2. The summed E-state index contributed by atoms with van der Waals surface area (Å²) in [6.07, 6.45) is 1.27. The Bertz CT molecular complexity index is 1330. The zero-order valence-electron chi connectivity index (χ0n) is 26.0. The Hall–Kier alpha value is -3.91. The number of nitrogens with one attached hydrogen (secondary N) is 1. The Kier molecular flexibility index (Phi) is 14.5. The standard InChI is InChI=1S/C31H42ClN3O10/c1-16-10-20-26(34-4)22(36)13-21(28(20)39)35-30(40)17(2)8-7-9-23(42-5)29(45-31(33)41)19(15-44-25(37)14-32)12-18(3)27(38)24(11-16)43-6/h7-9,12-13,16,18,23-24,27,29,36,38-39H,4,10-11,14-15H2,1-3,5-6H3,(H2,33,41)(H,35,40)/t16-,18+,23+,24+,27-,29+/m1/s1. The van der Waals surface area contributed by atoms with Gasteiger partial charge in [0.15, 0.2) is 6.10 Å². The zero-order valence-corrected chi connectivity index (χ0v) is 26.7. The van der Waals surface area contributed by atoms with Crippen LogP contribution in [0.5, 0.6) is 11.5 Å². The van der Waals surface area contributed by atoms with Gasteiger partial charge in [-0.1, -0.05) is 38.2 Å². The number of methoxy groups -OCH3 is 2. The van der Waals surface area contributed by atoms with Crippen LogP contribution < -0.4 is 11.1 Å². The molecular formula is C31H42ClN3O10. The molecule has 0 aliphatic carbocycles. The van der Waals surface area contributed by atoms with Crippen molar-refractivity contribution in [3.63, 3.8) is 0 Å². The third-order valence-electron chi connectivity index (χ3n) is 7.34. The molecule has 1 heterocycles. The lowest BCUT2D eigenvalue weighted by atomic mass is 9.87. The van der Waals surface area contributed by atoms with E-state index in [2.05, 4.69) is 17.0 Å². The molecule has 45 heavy (non-hydrogen) atoms. The average molecular weight is 652 g/mol. The first kappa shape index (κ1) is 37.3. The smallest absolute Gasteiger partial charge is 0.405 e. The van der Waals surface area contributed by atoms with Crippen LogP contribution >= 0.6 is 11.6 Å². The van der Waals surface area contributed by atoms with Crippen molar-refractivity contribution in [2.75, 3.05) is 32.0 Å². The van der Waals surface area contributed by atoms with Gasteiger partial charge in [-0.05, 0) is 32.4 Å². The molecule has 0 fully saturated rings. The summed E-state index contributed by atoms with van der Waals surface area (Å²) in [6.45, 7) is 8.20. The molecule has 0 radical (unpaired) electrons. The number of aliphatic hydroxyl groups excluding tert-OH is 1. The van der Waals surface area contributed by atoms with Crippen LogP contribution in [-0.2, 0) is 35.0 Å². The van der Waals surface area contributed by atoms with Gasteiger partial charge in [-0.3, -0.25) is 14.6 Å². The number of hydrogen-bond acceptors (Lipinski definition) is 11. The molecule has 0 saturated heterocycles. The van der Waals surface area contributed by atoms with Gasteiger partial charge < -0.3 is 45.3 Å². The van der Waals surface area contributed by atoms with Crippen molar-refractivity contribution in [2.45, 2.75) is 58.0 Å². The number of nitrogens with zero attached hydrogens (tertiary/aromatic N) is 1. The van der Waals surface area contributed by atoms with Gasteiger partial charge in [0.2, 0.25) is 0 Å². The van der Waals surface area contributed by atoms with E-state index >= 15 is 0 Å². The molecule has 1 aliphatic rings. The van der Waals surface area contributed by atoms with E-state index in [1.807, 2.05) is 6.92 Å². The number of fused-ring (bicyclic) bond motifs is 2. The van der Waals surface area contributed by atoms with E-state index in [9.17, 15) is 29.7 Å². The number of benzene rings is 1. The fourth-order valence-corrected chi connectivity index (χ4v) is 5.04. The van der Waals surface area contributed by atoms with Gasteiger partial charge in [-0.2, -0.15) is 0 Å². The summed E-state index contributed by atoms with van der Waals surface area (Å²) in [5.41, 5.74) is 6.11. The lowest BCUT2D eigenvalue weighted by Crippen LogP contribution is -2.38. The van der Waals surface area contributed by atoms with Crippen LogP contribution in [0.15, 0.2) is 46.5 Å². The SMILES string of the molecule is C=Nc1c(O)cc2c(O)c1C[C@@H](C)C[C@H](OC)[C@H](O)[C@@H](C)C=C(COC(=O)CCl)[C@H](OC(N)=O)[C@@H](OC)C=CC=C(C)C(=O)N2. The highest BCUT2D eigenvalue weighted by molar-refractivity contribution is 6.26. The number of amides is 2. The number of carbonyl (C=O) groups excluding carboxylic acids is 3. The monoisotopic (exact) mass is 651 g/mol. The number of esters is 1. The molecule has 2 amide bonds. The largest absolute Gasteiger partial charge is 0.506 e. The van der Waals surface area contributed by atoms with E-state index in [4.69, 9.17) is 36.3 Å². The maximum atomic E-state index is 13.0. The van der Waals surface area contributed by atoms with Crippen LogP contribution in [0.1, 0.15) is 32.8 Å². The molecule has 2 bridgehead atoms. The highest BCUT2D eigenvalue weighted by Gasteiger charge is 2.32. The predicted octanol–water partition coefficient (Wildman–Crippen LogP) is 3.65. The van der Waals surface area contributed by atoms with Crippen LogP contribution in [0.25, 0.3) is 0 Å². The number of ether oxygens (including phenoxy) is 4. The molecule has 0 spiro atoms. The lowest BCUT2D eigenvalue weighted by Gasteiger charge is -2.30. The van der Waals surface area contributed by atoms with Crippen molar-refractivity contribution >= 4 is 47.7 Å². The quantitative estimate of drug-likeness (QED) is 0.0724. The van der Waals surface area contributed by atoms with Crippen molar-refractivity contribution in [3.8, 4) is 11.5 Å². The van der Waals surface area contributed by atoms with Crippen molar-refractivity contribution in [1.29, 1.82) is 0 Å². The van der Waals surface area contributed by atoms with Gasteiger partial charge in [0.1, 0.15) is 35.8 Å². The number of hydrogen-bond donors (Lipinski definition) is 5. The van der Waals surface area contributed by atoms with Crippen molar-refractivity contribution in [3.05, 3.63) is 47.1 Å². The number of primary amides is 1. The van der Waals surface area contributed by atoms with Crippen LogP contribution in [0, 0.1) is 11.8 Å². The number of nitrogens with two attached hydrogens (primary N) is 1. The lowest BCUT2D eigenvalue weighted by molar-refractivity contribution is -0.140. The van der Waals surface area contributed by atoms with Crippen molar-refractivity contribution < 1.29 is 48.7 Å². The number of rotatable bonds is 7. The van der Waals surface area contributed by atoms with Gasteiger partial charge in [0.05, 0.1) is 17.9 Å². The normalized spacial score (nSPS) is 25.0. The summed E-state index contributed by atoms with van der Waals surface area (Å²) in [6, 6.07) is 1.18. The molecule has 0 saturated carbocycles. The van der Waals surface area contributed by atoms with Crippen molar-refractivity contribution in [1.82, 2.24) is 0 Å². The van der Waals surface area contributed by atoms with Crippen LogP contribution in [0.3, 0.4) is 0 Å². The van der Waals surface area contributed by atoms with E-state index in [0.717, 1.165) is 0 Å². The summed E-state index contributed by atoms with van der Waals surface area (Å²) >= 11 is 5.61. The number of phenolic OH excluding ortho intramolecular Hbond substituents is 2. The number of halogens is 1. The number of aromatic hydroxyl groups is 2. The van der Waals surface area contributed by atoms with E-state index in [-0.39, 0.29) is 64.9 Å². The van der Waals surface area contributed by atoms with Gasteiger partial charge in [0, 0.05) is 42.9 Å². The Morgan fingerprint density at radius 3 is 2.49 bits per heavy atom. The highest BCUT2D eigenvalue weighted by Crippen LogP contribution is 2.43. The molecule has 6 atom stereocenters. The number of aliphatic hydroxyl groups is 1. The predicted molar refractivity (Wildman–Crippen MR) is 169 cm³/mol. The summed E-state index contributed by atoms with van der Waals surface area (Å²) < 4.78 is 21.9. The Balaban J connectivity index is 2.73. The van der Waals surface area contributed by atoms with Crippen LogP contribution in [0.4, 0.5) is 16.2 Å². The van der Waals surface area contributed by atoms with Gasteiger partial charge in [0.25, 0.3) is 5.91 Å². The fraction of sp³-hybridized carbons (Fsp3) is 0.484. The first-order chi connectivity index (χ1) is 21.3. The number of anilines is 1. The van der Waals surface area contributed by atoms with Crippen LogP contribution in [-0.4, -0.2) is 91.1 Å². The van der Waals surface area contributed by atoms with Crippen molar-refractivity contribution in [2.24, 2.45) is 22.6 Å². The minimum absolute atomic E-state index is 0.0382.